The van der Waals surface area contributed by atoms with E-state index in [2.05, 4.69) is 22.8 Å². The van der Waals surface area contributed by atoms with Crippen LogP contribution in [0.2, 0.25) is 0 Å². The van der Waals surface area contributed by atoms with Crippen LogP contribution >= 0.6 is 11.3 Å². The molecule has 2 amide bonds. The Kier molecular flexibility index (Phi) is 5.67. The van der Waals surface area contributed by atoms with E-state index < -0.39 is 0 Å². The number of pyridine rings is 1. The molecule has 1 saturated carbocycles. The fourth-order valence-corrected chi connectivity index (χ4v) is 6.10. The minimum Gasteiger partial charge on any atom is -0.349 e. The largest absolute Gasteiger partial charge is 0.349 e. The second-order valence-corrected chi connectivity index (χ2v) is 10.5. The third-order valence-electron chi connectivity index (χ3n) is 6.98. The van der Waals surface area contributed by atoms with E-state index in [0.717, 1.165) is 71.0 Å². The SMILES string of the molecule is O=C(NC1CC1)c1cc2c(s1)-c1ccccc1N(C(=O)c1cccc(C3CCNCC3)n1)CC2. The molecule has 174 valence electrons. The highest BCUT2D eigenvalue weighted by Gasteiger charge is 2.30. The van der Waals surface area contributed by atoms with E-state index in [1.165, 1.54) is 11.3 Å². The Bertz CT molecular complexity index is 1240. The third-order valence-corrected chi connectivity index (χ3v) is 8.19. The van der Waals surface area contributed by atoms with Gasteiger partial charge in [-0.3, -0.25) is 9.59 Å². The van der Waals surface area contributed by atoms with E-state index in [4.69, 9.17) is 4.98 Å². The quantitative estimate of drug-likeness (QED) is 0.591. The van der Waals surface area contributed by atoms with Crippen LogP contribution < -0.4 is 15.5 Å². The van der Waals surface area contributed by atoms with Gasteiger partial charge in [-0.05, 0) is 75.0 Å². The second kappa shape index (κ2) is 8.96. The van der Waals surface area contributed by atoms with Gasteiger partial charge in [0.1, 0.15) is 5.69 Å². The molecule has 34 heavy (non-hydrogen) atoms. The minimum absolute atomic E-state index is 0.0184. The van der Waals surface area contributed by atoms with Crippen LogP contribution in [-0.2, 0) is 6.42 Å². The standard InChI is InChI=1S/C27H28N4O2S/c32-26(29-19-8-9-19)24-16-18-12-15-31(23-7-2-1-4-20(23)25(18)34-24)27(33)22-6-3-5-21(30-22)17-10-13-28-14-11-17/h1-7,16-17,19,28H,8-15H2,(H,29,32). The maximum absolute atomic E-state index is 13.7. The van der Waals surface area contributed by atoms with Crippen molar-refractivity contribution < 1.29 is 9.59 Å². The molecule has 6 rings (SSSR count). The molecule has 1 aromatic carbocycles. The first kappa shape index (κ1) is 21.5. The summed E-state index contributed by atoms with van der Waals surface area (Å²) in [5.74, 6) is 0.354. The van der Waals surface area contributed by atoms with Gasteiger partial charge >= 0.3 is 0 Å². The summed E-state index contributed by atoms with van der Waals surface area (Å²) in [6.45, 7) is 2.54. The Labute approximate surface area is 203 Å². The summed E-state index contributed by atoms with van der Waals surface area (Å²) in [7, 11) is 0. The smallest absolute Gasteiger partial charge is 0.276 e. The van der Waals surface area contributed by atoms with Gasteiger partial charge in [-0.1, -0.05) is 24.3 Å². The molecule has 3 aromatic rings. The van der Waals surface area contributed by atoms with Crippen LogP contribution in [-0.4, -0.2) is 42.5 Å². The van der Waals surface area contributed by atoms with Gasteiger partial charge in [0.05, 0.1) is 10.6 Å². The number of nitrogens with zero attached hydrogens (tertiary/aromatic N) is 2. The van der Waals surface area contributed by atoms with Crippen molar-refractivity contribution in [2.24, 2.45) is 0 Å². The molecule has 6 nitrogen and oxygen atoms in total. The zero-order valence-electron chi connectivity index (χ0n) is 19.0. The van der Waals surface area contributed by atoms with Crippen LogP contribution in [0.25, 0.3) is 10.4 Å². The number of rotatable bonds is 4. The number of hydrogen-bond acceptors (Lipinski definition) is 5. The van der Waals surface area contributed by atoms with Gasteiger partial charge in [0.2, 0.25) is 0 Å². The van der Waals surface area contributed by atoms with Crippen LogP contribution in [0, 0.1) is 0 Å². The summed E-state index contributed by atoms with van der Waals surface area (Å²) in [5.41, 5.74) is 4.54. The highest BCUT2D eigenvalue weighted by Crippen LogP contribution is 2.42. The molecular formula is C27H28N4O2S. The van der Waals surface area contributed by atoms with Gasteiger partial charge in [-0.25, -0.2) is 4.98 Å². The molecule has 7 heteroatoms. The van der Waals surface area contributed by atoms with Gasteiger partial charge in [0, 0.05) is 34.6 Å². The molecule has 3 aliphatic rings. The lowest BCUT2D eigenvalue weighted by Crippen LogP contribution is -2.33. The fourth-order valence-electron chi connectivity index (χ4n) is 4.96. The number of nitrogens with one attached hydrogen (secondary N) is 2. The first-order chi connectivity index (χ1) is 16.7. The predicted octanol–water partition coefficient (Wildman–Crippen LogP) is 4.37. The number of aromatic nitrogens is 1. The van der Waals surface area contributed by atoms with E-state index in [0.29, 0.717) is 30.6 Å². The highest BCUT2D eigenvalue weighted by molar-refractivity contribution is 7.17. The number of amides is 2. The average Bonchev–Trinajstić information content (AvgIpc) is 3.63. The summed E-state index contributed by atoms with van der Waals surface area (Å²) in [4.78, 5) is 34.9. The summed E-state index contributed by atoms with van der Waals surface area (Å²) in [5, 5.41) is 6.49. The number of piperidine rings is 1. The zero-order valence-corrected chi connectivity index (χ0v) is 19.9. The number of fused-ring (bicyclic) bond motifs is 3. The number of anilines is 1. The summed E-state index contributed by atoms with van der Waals surface area (Å²) < 4.78 is 0. The maximum Gasteiger partial charge on any atom is 0.276 e. The fraction of sp³-hybridized carbons (Fsp3) is 0.370. The summed E-state index contributed by atoms with van der Waals surface area (Å²) in [6, 6.07) is 16.2. The molecule has 1 saturated heterocycles. The molecule has 0 spiro atoms. The number of thiophene rings is 1. The van der Waals surface area contributed by atoms with Gasteiger partial charge in [0.15, 0.2) is 0 Å². The van der Waals surface area contributed by atoms with Crippen LogP contribution in [0.3, 0.4) is 0 Å². The second-order valence-electron chi connectivity index (χ2n) is 9.41. The lowest BCUT2D eigenvalue weighted by molar-refractivity contribution is 0.0952. The molecule has 2 fully saturated rings. The van der Waals surface area contributed by atoms with Crippen molar-refractivity contribution in [2.45, 2.75) is 44.1 Å². The van der Waals surface area contributed by atoms with Crippen molar-refractivity contribution in [3.8, 4) is 10.4 Å². The number of benzene rings is 1. The van der Waals surface area contributed by atoms with Crippen LogP contribution in [0.1, 0.15) is 63.0 Å². The molecule has 2 aromatic heterocycles. The Hall–Kier alpha value is -3.03. The van der Waals surface area contributed by atoms with E-state index in [1.807, 2.05) is 41.3 Å². The molecule has 0 bridgehead atoms. The Balaban J connectivity index is 1.31. The van der Waals surface area contributed by atoms with Crippen molar-refractivity contribution in [1.29, 1.82) is 0 Å². The van der Waals surface area contributed by atoms with Crippen LogP contribution in [0.4, 0.5) is 5.69 Å². The number of carbonyl (C=O) groups is 2. The first-order valence-electron chi connectivity index (χ1n) is 12.2. The minimum atomic E-state index is -0.0647. The van der Waals surface area contributed by atoms with Crippen molar-refractivity contribution >= 4 is 28.8 Å². The molecule has 0 radical (unpaired) electrons. The monoisotopic (exact) mass is 472 g/mol. The number of hydrogen-bond donors (Lipinski definition) is 2. The molecular weight excluding hydrogens is 444 g/mol. The third kappa shape index (κ3) is 4.14. The molecule has 0 atom stereocenters. The Morgan fingerprint density at radius 3 is 2.68 bits per heavy atom. The van der Waals surface area contributed by atoms with E-state index in [1.54, 1.807) is 0 Å². The molecule has 4 heterocycles. The average molecular weight is 473 g/mol. The topological polar surface area (TPSA) is 74.3 Å². The molecule has 2 aliphatic heterocycles. The van der Waals surface area contributed by atoms with Crippen molar-refractivity contribution in [3.63, 3.8) is 0 Å². The first-order valence-corrected chi connectivity index (χ1v) is 13.0. The molecule has 0 unspecified atom stereocenters. The van der Waals surface area contributed by atoms with Gasteiger partial charge in [-0.15, -0.1) is 11.3 Å². The lowest BCUT2D eigenvalue weighted by Gasteiger charge is -2.24. The zero-order chi connectivity index (χ0) is 23.1. The number of para-hydroxylation sites is 1. The summed E-state index contributed by atoms with van der Waals surface area (Å²) >= 11 is 1.53. The maximum atomic E-state index is 13.7. The van der Waals surface area contributed by atoms with Gasteiger partial charge < -0.3 is 15.5 Å². The number of carbonyl (C=O) groups excluding carboxylic acids is 2. The predicted molar refractivity (Wildman–Crippen MR) is 135 cm³/mol. The highest BCUT2D eigenvalue weighted by atomic mass is 32.1. The van der Waals surface area contributed by atoms with Gasteiger partial charge in [0.25, 0.3) is 11.8 Å². The van der Waals surface area contributed by atoms with Crippen molar-refractivity contribution in [2.75, 3.05) is 24.5 Å². The van der Waals surface area contributed by atoms with Crippen LogP contribution in [0.15, 0.2) is 48.5 Å². The van der Waals surface area contributed by atoms with E-state index in [9.17, 15) is 9.59 Å². The van der Waals surface area contributed by atoms with E-state index >= 15 is 0 Å². The normalized spacial score (nSPS) is 18.1. The summed E-state index contributed by atoms with van der Waals surface area (Å²) in [6.07, 6.45) is 4.95. The molecule has 2 N–H and O–H groups in total. The van der Waals surface area contributed by atoms with Crippen LogP contribution in [0.5, 0.6) is 0 Å². The van der Waals surface area contributed by atoms with Crippen molar-refractivity contribution in [3.05, 3.63) is 70.4 Å². The Morgan fingerprint density at radius 1 is 1.03 bits per heavy atom. The van der Waals surface area contributed by atoms with Gasteiger partial charge in [-0.2, -0.15) is 0 Å². The van der Waals surface area contributed by atoms with E-state index in [-0.39, 0.29) is 11.8 Å². The lowest BCUT2D eigenvalue weighted by atomic mass is 9.94. The Morgan fingerprint density at radius 2 is 1.85 bits per heavy atom. The molecule has 1 aliphatic carbocycles. The van der Waals surface area contributed by atoms with Crippen molar-refractivity contribution in [1.82, 2.24) is 15.6 Å².